The number of nitrogens with zero attached hydrogens (tertiary/aromatic N) is 1. The monoisotopic (exact) mass is 375 g/mol. The van der Waals surface area contributed by atoms with Crippen molar-refractivity contribution in [3.63, 3.8) is 0 Å². The van der Waals surface area contributed by atoms with Crippen molar-refractivity contribution in [3.8, 4) is 10.6 Å². The number of thiophene rings is 1. The Labute approximate surface area is 140 Å². The fourth-order valence-electron chi connectivity index (χ4n) is 2.30. The average Bonchev–Trinajstić information content (AvgIpc) is 3.02. The van der Waals surface area contributed by atoms with Gasteiger partial charge in [0.05, 0.1) is 21.7 Å². The van der Waals surface area contributed by atoms with E-state index in [1.165, 1.54) is 4.88 Å². The summed E-state index contributed by atoms with van der Waals surface area (Å²) in [5.74, 6) is 5.00. The van der Waals surface area contributed by atoms with Gasteiger partial charge in [-0.2, -0.15) is 0 Å². The standard InChI is InChI=1S/C16H14BrN3OS/c1-2-10-4-6-15(22-10)14-8-12(16(21)20-18)11-7-9(17)3-5-13(11)19-14/h3-8H,2,18H2,1H3,(H,20,21). The highest BCUT2D eigenvalue weighted by molar-refractivity contribution is 9.10. The van der Waals surface area contributed by atoms with Crippen molar-refractivity contribution < 1.29 is 4.79 Å². The Morgan fingerprint density at radius 2 is 2.14 bits per heavy atom. The molecule has 2 aromatic heterocycles. The van der Waals surface area contributed by atoms with Gasteiger partial charge in [-0.3, -0.25) is 10.2 Å². The van der Waals surface area contributed by atoms with Crippen LogP contribution in [0.15, 0.2) is 40.9 Å². The molecule has 3 N–H and O–H groups in total. The summed E-state index contributed by atoms with van der Waals surface area (Å²) in [6.07, 6.45) is 0.987. The first-order valence-corrected chi connectivity index (χ1v) is 8.43. The van der Waals surface area contributed by atoms with Crippen molar-refractivity contribution in [2.24, 2.45) is 5.84 Å². The molecular weight excluding hydrogens is 362 g/mol. The molecule has 0 radical (unpaired) electrons. The third-order valence-electron chi connectivity index (χ3n) is 3.41. The molecule has 2 heterocycles. The number of aryl methyl sites for hydroxylation is 1. The van der Waals surface area contributed by atoms with Crippen LogP contribution >= 0.6 is 27.3 Å². The number of carbonyl (C=O) groups is 1. The Balaban J connectivity index is 2.24. The molecule has 1 amide bonds. The van der Waals surface area contributed by atoms with Crippen LogP contribution in [0.2, 0.25) is 0 Å². The molecule has 6 heteroatoms. The second kappa shape index (κ2) is 6.16. The van der Waals surface area contributed by atoms with E-state index in [1.807, 2.05) is 24.3 Å². The molecule has 112 valence electrons. The van der Waals surface area contributed by atoms with Crippen LogP contribution < -0.4 is 11.3 Å². The van der Waals surface area contributed by atoms with Crippen LogP contribution in [0.25, 0.3) is 21.5 Å². The molecular formula is C16H14BrN3OS. The third kappa shape index (κ3) is 2.77. The van der Waals surface area contributed by atoms with E-state index in [2.05, 4.69) is 39.3 Å². The van der Waals surface area contributed by atoms with Crippen LogP contribution in [-0.4, -0.2) is 10.9 Å². The molecule has 0 spiro atoms. The number of benzene rings is 1. The Bertz CT molecular complexity index is 860. The van der Waals surface area contributed by atoms with Crippen molar-refractivity contribution in [2.75, 3.05) is 0 Å². The van der Waals surface area contributed by atoms with E-state index >= 15 is 0 Å². The van der Waals surface area contributed by atoms with Crippen LogP contribution in [0.1, 0.15) is 22.2 Å². The van der Waals surface area contributed by atoms with E-state index in [0.29, 0.717) is 5.56 Å². The van der Waals surface area contributed by atoms with E-state index in [1.54, 1.807) is 17.4 Å². The Hall–Kier alpha value is -1.76. The molecule has 0 aliphatic carbocycles. The van der Waals surface area contributed by atoms with Gasteiger partial charge in [0.2, 0.25) is 0 Å². The molecule has 0 fully saturated rings. The van der Waals surface area contributed by atoms with Crippen molar-refractivity contribution in [2.45, 2.75) is 13.3 Å². The molecule has 0 saturated heterocycles. The SMILES string of the molecule is CCc1ccc(-c2cc(C(=O)NN)c3cc(Br)ccc3n2)s1. The number of nitrogens with one attached hydrogen (secondary N) is 1. The number of hydrazine groups is 1. The highest BCUT2D eigenvalue weighted by Gasteiger charge is 2.14. The number of aromatic nitrogens is 1. The van der Waals surface area contributed by atoms with Crippen molar-refractivity contribution in [1.82, 2.24) is 10.4 Å². The molecule has 0 aliphatic heterocycles. The number of rotatable bonds is 3. The lowest BCUT2D eigenvalue weighted by Gasteiger charge is -2.08. The van der Waals surface area contributed by atoms with E-state index < -0.39 is 0 Å². The lowest BCUT2D eigenvalue weighted by Crippen LogP contribution is -2.30. The summed E-state index contributed by atoms with van der Waals surface area (Å²) in [5, 5.41) is 0.772. The predicted octanol–water partition coefficient (Wildman–Crippen LogP) is 3.89. The molecule has 0 aliphatic rings. The zero-order chi connectivity index (χ0) is 15.7. The summed E-state index contributed by atoms with van der Waals surface area (Å²) in [7, 11) is 0. The largest absolute Gasteiger partial charge is 0.290 e. The molecule has 4 nitrogen and oxygen atoms in total. The minimum absolute atomic E-state index is 0.320. The van der Waals surface area contributed by atoms with E-state index in [4.69, 9.17) is 5.84 Å². The number of halogens is 1. The molecule has 3 aromatic rings. The number of fused-ring (bicyclic) bond motifs is 1. The predicted molar refractivity (Wildman–Crippen MR) is 93.8 cm³/mol. The second-order valence-electron chi connectivity index (χ2n) is 4.81. The summed E-state index contributed by atoms with van der Waals surface area (Å²) in [6, 6.07) is 11.6. The Morgan fingerprint density at radius 3 is 2.82 bits per heavy atom. The summed E-state index contributed by atoms with van der Waals surface area (Å²) >= 11 is 5.12. The number of hydrogen-bond donors (Lipinski definition) is 2. The maximum atomic E-state index is 12.1. The topological polar surface area (TPSA) is 68.0 Å². The van der Waals surface area contributed by atoms with Crippen molar-refractivity contribution in [3.05, 3.63) is 51.3 Å². The number of nitrogens with two attached hydrogens (primary N) is 1. The molecule has 22 heavy (non-hydrogen) atoms. The van der Waals surface area contributed by atoms with Crippen molar-refractivity contribution >= 4 is 44.1 Å². The quantitative estimate of drug-likeness (QED) is 0.414. The fraction of sp³-hybridized carbons (Fsp3) is 0.125. The fourth-order valence-corrected chi connectivity index (χ4v) is 3.56. The summed E-state index contributed by atoms with van der Waals surface area (Å²) in [5.41, 5.74) is 4.29. The van der Waals surface area contributed by atoms with Gasteiger partial charge in [0.1, 0.15) is 0 Å². The van der Waals surface area contributed by atoms with Gasteiger partial charge in [-0.1, -0.05) is 22.9 Å². The molecule has 0 unspecified atom stereocenters. The van der Waals surface area contributed by atoms with Crippen LogP contribution in [-0.2, 0) is 6.42 Å². The van der Waals surface area contributed by atoms with Gasteiger partial charge in [-0.05, 0) is 42.8 Å². The maximum absolute atomic E-state index is 12.1. The van der Waals surface area contributed by atoms with Gasteiger partial charge < -0.3 is 0 Å². The lowest BCUT2D eigenvalue weighted by atomic mass is 10.1. The van der Waals surface area contributed by atoms with Crippen LogP contribution in [0.4, 0.5) is 0 Å². The number of carbonyl (C=O) groups excluding carboxylic acids is 1. The first-order chi connectivity index (χ1) is 10.6. The molecule has 3 rings (SSSR count). The maximum Gasteiger partial charge on any atom is 0.265 e. The number of pyridine rings is 1. The number of hydrogen-bond acceptors (Lipinski definition) is 4. The number of nitrogen functional groups attached to an aromatic ring is 1. The smallest absolute Gasteiger partial charge is 0.265 e. The molecule has 1 aromatic carbocycles. The highest BCUT2D eigenvalue weighted by Crippen LogP contribution is 2.31. The lowest BCUT2D eigenvalue weighted by molar-refractivity contribution is 0.0955. The minimum atomic E-state index is -0.320. The summed E-state index contributed by atoms with van der Waals surface area (Å²) in [4.78, 5) is 19.1. The van der Waals surface area contributed by atoms with Crippen molar-refractivity contribution in [1.29, 1.82) is 0 Å². The zero-order valence-corrected chi connectivity index (χ0v) is 14.3. The van der Waals surface area contributed by atoms with Gasteiger partial charge in [0, 0.05) is 14.7 Å². The summed E-state index contributed by atoms with van der Waals surface area (Å²) in [6.45, 7) is 2.12. The molecule has 0 atom stereocenters. The first-order valence-electron chi connectivity index (χ1n) is 6.82. The average molecular weight is 376 g/mol. The molecule has 0 saturated carbocycles. The van der Waals surface area contributed by atoms with Crippen LogP contribution in [0, 0.1) is 0 Å². The Kier molecular flexibility index (Phi) is 4.24. The third-order valence-corrected chi connectivity index (χ3v) is 5.15. The van der Waals surface area contributed by atoms with E-state index in [-0.39, 0.29) is 5.91 Å². The van der Waals surface area contributed by atoms with E-state index in [9.17, 15) is 4.79 Å². The van der Waals surface area contributed by atoms with Gasteiger partial charge >= 0.3 is 0 Å². The van der Waals surface area contributed by atoms with E-state index in [0.717, 1.165) is 32.4 Å². The van der Waals surface area contributed by atoms with Gasteiger partial charge in [-0.15, -0.1) is 11.3 Å². The zero-order valence-electron chi connectivity index (χ0n) is 11.9. The molecule has 0 bridgehead atoms. The normalized spacial score (nSPS) is 10.9. The minimum Gasteiger partial charge on any atom is -0.290 e. The number of amides is 1. The second-order valence-corrected chi connectivity index (χ2v) is 6.89. The first kappa shape index (κ1) is 15.1. The van der Waals surface area contributed by atoms with Crippen LogP contribution in [0.3, 0.4) is 0 Å². The van der Waals surface area contributed by atoms with Gasteiger partial charge in [0.25, 0.3) is 5.91 Å². The highest BCUT2D eigenvalue weighted by atomic mass is 79.9. The Morgan fingerprint density at radius 1 is 1.32 bits per heavy atom. The summed E-state index contributed by atoms with van der Waals surface area (Å²) < 4.78 is 0.894. The van der Waals surface area contributed by atoms with Crippen LogP contribution in [0.5, 0.6) is 0 Å². The van der Waals surface area contributed by atoms with Gasteiger partial charge in [-0.25, -0.2) is 10.8 Å². The van der Waals surface area contributed by atoms with Gasteiger partial charge in [0.15, 0.2) is 0 Å².